The van der Waals surface area contributed by atoms with Crippen LogP contribution < -0.4 is 0 Å². The monoisotopic (exact) mass is 174 g/mol. The van der Waals surface area contributed by atoms with Crippen molar-refractivity contribution < 1.29 is 0 Å². The van der Waals surface area contributed by atoms with Gasteiger partial charge in [0.2, 0.25) is 0 Å². The van der Waals surface area contributed by atoms with Crippen molar-refractivity contribution in [2.45, 2.75) is 27.2 Å². The van der Waals surface area contributed by atoms with Gasteiger partial charge in [-0.2, -0.15) is 0 Å². The van der Waals surface area contributed by atoms with Crippen molar-refractivity contribution in [1.29, 1.82) is 0 Å². The predicted molar refractivity (Wildman–Crippen MR) is 59.6 cm³/mol. The maximum absolute atomic E-state index is 2.27. The minimum Gasteiger partial charge on any atom is -0.0648 e. The van der Waals surface area contributed by atoms with Crippen molar-refractivity contribution in [2.24, 2.45) is 5.92 Å². The molecule has 0 aromatic carbocycles. The van der Waals surface area contributed by atoms with E-state index in [0.717, 1.165) is 0 Å². The van der Waals surface area contributed by atoms with Crippen LogP contribution in [0.2, 0.25) is 0 Å². The fourth-order valence-corrected chi connectivity index (χ4v) is 1.34. The molecule has 0 heteroatoms. The number of rotatable bonds is 2. The first-order valence-electron chi connectivity index (χ1n) is 4.97. The minimum atomic E-state index is 0.658. The van der Waals surface area contributed by atoms with Gasteiger partial charge in [0, 0.05) is 0 Å². The zero-order valence-corrected chi connectivity index (χ0v) is 8.75. The van der Waals surface area contributed by atoms with E-state index >= 15 is 0 Å². The van der Waals surface area contributed by atoms with Crippen molar-refractivity contribution in [3.05, 3.63) is 47.6 Å². The van der Waals surface area contributed by atoms with Crippen molar-refractivity contribution >= 4 is 0 Å². The molecule has 1 aliphatic rings. The van der Waals surface area contributed by atoms with E-state index in [0.29, 0.717) is 5.92 Å². The van der Waals surface area contributed by atoms with Crippen LogP contribution in [0.4, 0.5) is 0 Å². The Morgan fingerprint density at radius 3 is 2.69 bits per heavy atom. The van der Waals surface area contributed by atoms with Crippen LogP contribution in [-0.2, 0) is 0 Å². The first kappa shape index (κ1) is 10.0. The summed E-state index contributed by atoms with van der Waals surface area (Å²) in [6.07, 6.45) is 14.1. The van der Waals surface area contributed by atoms with Crippen molar-refractivity contribution in [1.82, 2.24) is 0 Å². The van der Waals surface area contributed by atoms with Crippen LogP contribution in [0.3, 0.4) is 0 Å². The Morgan fingerprint density at radius 2 is 2.00 bits per heavy atom. The van der Waals surface area contributed by atoms with Gasteiger partial charge in [0.25, 0.3) is 0 Å². The first-order valence-corrected chi connectivity index (χ1v) is 4.97. The van der Waals surface area contributed by atoms with E-state index in [-0.39, 0.29) is 0 Å². The molecule has 0 aromatic rings. The second-order valence-corrected chi connectivity index (χ2v) is 3.61. The SMILES string of the molecule is CCC(C)C1=CC(C)=CC=CC=C1. The van der Waals surface area contributed by atoms with Crippen LogP contribution in [0.15, 0.2) is 47.6 Å². The topological polar surface area (TPSA) is 0 Å². The van der Waals surface area contributed by atoms with E-state index in [1.54, 1.807) is 0 Å². The highest BCUT2D eigenvalue weighted by Gasteiger charge is 2.03. The summed E-state index contributed by atoms with van der Waals surface area (Å²) >= 11 is 0. The van der Waals surface area contributed by atoms with E-state index in [1.165, 1.54) is 17.6 Å². The molecule has 0 bridgehead atoms. The lowest BCUT2D eigenvalue weighted by Gasteiger charge is -2.10. The fraction of sp³-hybridized carbons (Fsp3) is 0.385. The average Bonchev–Trinajstić information content (AvgIpc) is 2.10. The van der Waals surface area contributed by atoms with Crippen molar-refractivity contribution in [2.75, 3.05) is 0 Å². The summed E-state index contributed by atoms with van der Waals surface area (Å²) in [5, 5.41) is 0. The standard InChI is InChI=1S/C13H18/c1-4-12(3)13-9-7-5-6-8-11(2)10-13/h5-10,12H,4H2,1-3H3. The van der Waals surface area contributed by atoms with E-state index in [4.69, 9.17) is 0 Å². The second-order valence-electron chi connectivity index (χ2n) is 3.61. The third-order valence-corrected chi connectivity index (χ3v) is 2.45. The molecule has 0 heterocycles. The summed E-state index contributed by atoms with van der Waals surface area (Å²) in [6.45, 7) is 6.65. The third-order valence-electron chi connectivity index (χ3n) is 2.45. The molecule has 0 amide bonds. The molecule has 1 aliphatic carbocycles. The summed E-state index contributed by atoms with van der Waals surface area (Å²) in [7, 11) is 0. The number of hydrogen-bond acceptors (Lipinski definition) is 0. The largest absolute Gasteiger partial charge is 0.0648 e. The Bertz CT molecular complexity index is 274. The van der Waals surface area contributed by atoms with E-state index in [1.807, 2.05) is 0 Å². The van der Waals surface area contributed by atoms with Crippen LogP contribution in [0.5, 0.6) is 0 Å². The number of allylic oxidation sites excluding steroid dienone is 8. The van der Waals surface area contributed by atoms with Gasteiger partial charge in [0.1, 0.15) is 0 Å². The Kier molecular flexibility index (Phi) is 3.75. The average molecular weight is 174 g/mol. The predicted octanol–water partition coefficient (Wildman–Crippen LogP) is 4.03. The molecule has 13 heavy (non-hydrogen) atoms. The Balaban J connectivity index is 2.88. The molecule has 0 N–H and O–H groups in total. The lowest BCUT2D eigenvalue weighted by Crippen LogP contribution is -1.95. The van der Waals surface area contributed by atoms with E-state index in [9.17, 15) is 0 Å². The van der Waals surface area contributed by atoms with Crippen molar-refractivity contribution in [3.8, 4) is 0 Å². The summed E-state index contributed by atoms with van der Waals surface area (Å²) in [6, 6.07) is 0. The third kappa shape index (κ3) is 3.06. The molecule has 0 radical (unpaired) electrons. The Hall–Kier alpha value is -1.04. The van der Waals surface area contributed by atoms with Gasteiger partial charge >= 0.3 is 0 Å². The molecular formula is C13H18. The van der Waals surface area contributed by atoms with Gasteiger partial charge in [0.15, 0.2) is 0 Å². The van der Waals surface area contributed by atoms with Crippen LogP contribution in [0.25, 0.3) is 0 Å². The van der Waals surface area contributed by atoms with Gasteiger partial charge in [-0.1, -0.05) is 55.9 Å². The molecule has 0 saturated carbocycles. The van der Waals surface area contributed by atoms with Gasteiger partial charge in [-0.15, -0.1) is 0 Å². The molecule has 1 unspecified atom stereocenters. The smallest absolute Gasteiger partial charge is 0.0193 e. The molecule has 0 nitrogen and oxygen atoms in total. The van der Waals surface area contributed by atoms with Crippen LogP contribution in [-0.4, -0.2) is 0 Å². The highest BCUT2D eigenvalue weighted by Crippen LogP contribution is 2.18. The minimum absolute atomic E-state index is 0.658. The molecule has 0 aliphatic heterocycles. The Morgan fingerprint density at radius 1 is 1.23 bits per heavy atom. The van der Waals surface area contributed by atoms with Gasteiger partial charge in [-0.25, -0.2) is 0 Å². The zero-order chi connectivity index (χ0) is 9.68. The van der Waals surface area contributed by atoms with Crippen molar-refractivity contribution in [3.63, 3.8) is 0 Å². The molecule has 0 fully saturated rings. The summed E-state index contributed by atoms with van der Waals surface area (Å²) < 4.78 is 0. The maximum Gasteiger partial charge on any atom is -0.0193 e. The highest BCUT2D eigenvalue weighted by atomic mass is 14.1. The molecule has 1 rings (SSSR count). The lowest BCUT2D eigenvalue weighted by molar-refractivity contribution is 0.670. The quantitative estimate of drug-likeness (QED) is 0.593. The van der Waals surface area contributed by atoms with Gasteiger partial charge in [0.05, 0.1) is 0 Å². The van der Waals surface area contributed by atoms with Crippen LogP contribution in [0, 0.1) is 5.92 Å². The summed E-state index contributed by atoms with van der Waals surface area (Å²) in [5.41, 5.74) is 2.76. The maximum atomic E-state index is 2.27. The molecule has 0 aromatic heterocycles. The Labute approximate surface area is 81.4 Å². The molecule has 70 valence electrons. The van der Waals surface area contributed by atoms with Gasteiger partial charge in [-0.05, 0) is 24.8 Å². The zero-order valence-electron chi connectivity index (χ0n) is 8.75. The van der Waals surface area contributed by atoms with Crippen LogP contribution >= 0.6 is 0 Å². The summed E-state index contributed by atoms with van der Waals surface area (Å²) in [4.78, 5) is 0. The second kappa shape index (κ2) is 4.86. The van der Waals surface area contributed by atoms with E-state index in [2.05, 4.69) is 57.2 Å². The van der Waals surface area contributed by atoms with Gasteiger partial charge in [-0.3, -0.25) is 0 Å². The molecule has 0 spiro atoms. The van der Waals surface area contributed by atoms with E-state index < -0.39 is 0 Å². The number of hydrogen-bond donors (Lipinski definition) is 0. The molecule has 1 atom stereocenters. The molecule has 0 saturated heterocycles. The highest BCUT2D eigenvalue weighted by molar-refractivity contribution is 5.36. The van der Waals surface area contributed by atoms with Crippen LogP contribution in [0.1, 0.15) is 27.2 Å². The molecular weight excluding hydrogens is 156 g/mol. The van der Waals surface area contributed by atoms with Gasteiger partial charge < -0.3 is 0 Å². The fourth-order valence-electron chi connectivity index (χ4n) is 1.34. The summed E-state index contributed by atoms with van der Waals surface area (Å²) in [5.74, 6) is 0.658. The normalized spacial score (nSPS) is 18.7. The first-order chi connectivity index (χ1) is 6.24. The lowest BCUT2D eigenvalue weighted by atomic mass is 9.95.